The van der Waals surface area contributed by atoms with E-state index in [0.717, 1.165) is 11.8 Å². The number of hydrogen-bond acceptors (Lipinski definition) is 2. The lowest BCUT2D eigenvalue weighted by atomic mass is 9.76. The standard InChI is InChI=1S/C13H21NS/c1-2-10-5-6-13(14)11(8-10)9-12-4-3-7-15-12/h3-4,7,10-11,13H,2,5-6,8-9,14H2,1H3. The average molecular weight is 223 g/mol. The van der Waals surface area contributed by atoms with Crippen molar-refractivity contribution in [3.63, 3.8) is 0 Å². The Labute approximate surface area is 96.7 Å². The SMILES string of the molecule is CCC1CCC(N)C(Cc2cccs2)C1. The number of thiophene rings is 1. The summed E-state index contributed by atoms with van der Waals surface area (Å²) in [6.45, 7) is 2.31. The first-order chi connectivity index (χ1) is 7.29. The molecule has 0 amide bonds. The van der Waals surface area contributed by atoms with Crippen LogP contribution in [0.4, 0.5) is 0 Å². The minimum Gasteiger partial charge on any atom is -0.327 e. The molecule has 3 unspecified atom stereocenters. The second kappa shape index (κ2) is 5.13. The fraction of sp³-hybridized carbons (Fsp3) is 0.692. The molecule has 0 spiro atoms. The summed E-state index contributed by atoms with van der Waals surface area (Å²) in [5.41, 5.74) is 6.22. The van der Waals surface area contributed by atoms with Crippen LogP contribution in [0.2, 0.25) is 0 Å². The van der Waals surface area contributed by atoms with Crippen molar-refractivity contribution < 1.29 is 0 Å². The zero-order valence-corrected chi connectivity index (χ0v) is 10.3. The number of nitrogens with two attached hydrogens (primary N) is 1. The Morgan fingerprint density at radius 1 is 1.47 bits per heavy atom. The fourth-order valence-electron chi connectivity index (χ4n) is 2.68. The van der Waals surface area contributed by atoms with Gasteiger partial charge in [-0.1, -0.05) is 19.4 Å². The van der Waals surface area contributed by atoms with Crippen molar-refractivity contribution in [2.24, 2.45) is 17.6 Å². The summed E-state index contributed by atoms with van der Waals surface area (Å²) >= 11 is 1.87. The predicted molar refractivity (Wildman–Crippen MR) is 67.1 cm³/mol. The highest BCUT2D eigenvalue weighted by Gasteiger charge is 2.27. The molecule has 2 heteroatoms. The van der Waals surface area contributed by atoms with E-state index in [1.807, 2.05) is 11.3 Å². The van der Waals surface area contributed by atoms with Gasteiger partial charge in [-0.25, -0.2) is 0 Å². The molecule has 2 rings (SSSR count). The molecule has 0 aliphatic heterocycles. The van der Waals surface area contributed by atoms with Crippen molar-refractivity contribution in [3.05, 3.63) is 22.4 Å². The minimum atomic E-state index is 0.440. The Morgan fingerprint density at radius 2 is 2.33 bits per heavy atom. The molecule has 1 aromatic rings. The topological polar surface area (TPSA) is 26.0 Å². The molecule has 1 aromatic heterocycles. The van der Waals surface area contributed by atoms with Gasteiger partial charge in [-0.15, -0.1) is 11.3 Å². The molecule has 1 aliphatic carbocycles. The second-order valence-corrected chi connectivity index (χ2v) is 5.83. The average Bonchev–Trinajstić information content (AvgIpc) is 2.74. The summed E-state index contributed by atoms with van der Waals surface area (Å²) in [6.07, 6.45) is 6.45. The van der Waals surface area contributed by atoms with Gasteiger partial charge < -0.3 is 5.73 Å². The van der Waals surface area contributed by atoms with E-state index < -0.39 is 0 Å². The maximum Gasteiger partial charge on any atom is 0.00708 e. The van der Waals surface area contributed by atoms with Gasteiger partial charge in [0.05, 0.1) is 0 Å². The summed E-state index contributed by atoms with van der Waals surface area (Å²) in [4.78, 5) is 1.51. The molecule has 1 nitrogen and oxygen atoms in total. The molecule has 15 heavy (non-hydrogen) atoms. The maximum atomic E-state index is 6.22. The maximum absolute atomic E-state index is 6.22. The van der Waals surface area contributed by atoms with E-state index in [4.69, 9.17) is 5.73 Å². The van der Waals surface area contributed by atoms with Crippen LogP contribution in [0.25, 0.3) is 0 Å². The van der Waals surface area contributed by atoms with Crippen molar-refractivity contribution in [2.45, 2.75) is 45.1 Å². The molecule has 0 aromatic carbocycles. The van der Waals surface area contributed by atoms with Crippen LogP contribution < -0.4 is 5.73 Å². The normalized spacial score (nSPS) is 31.7. The van der Waals surface area contributed by atoms with Crippen LogP contribution in [0.15, 0.2) is 17.5 Å². The number of rotatable bonds is 3. The van der Waals surface area contributed by atoms with Crippen molar-refractivity contribution in [2.75, 3.05) is 0 Å². The molecule has 0 radical (unpaired) electrons. The van der Waals surface area contributed by atoms with E-state index in [1.54, 1.807) is 0 Å². The highest BCUT2D eigenvalue weighted by molar-refractivity contribution is 7.09. The van der Waals surface area contributed by atoms with E-state index in [0.29, 0.717) is 6.04 Å². The van der Waals surface area contributed by atoms with Gasteiger partial charge in [-0.05, 0) is 49.0 Å². The third kappa shape index (κ3) is 2.82. The van der Waals surface area contributed by atoms with Crippen LogP contribution in [0.5, 0.6) is 0 Å². The molecule has 3 atom stereocenters. The summed E-state index contributed by atoms with van der Waals surface area (Å²) < 4.78 is 0. The Balaban J connectivity index is 1.94. The van der Waals surface area contributed by atoms with Crippen LogP contribution in [-0.4, -0.2) is 6.04 Å². The van der Waals surface area contributed by atoms with Gasteiger partial charge in [0, 0.05) is 10.9 Å². The molecule has 1 fully saturated rings. The highest BCUT2D eigenvalue weighted by Crippen LogP contribution is 2.33. The van der Waals surface area contributed by atoms with E-state index in [9.17, 15) is 0 Å². The lowest BCUT2D eigenvalue weighted by Gasteiger charge is -2.33. The molecular weight excluding hydrogens is 202 g/mol. The van der Waals surface area contributed by atoms with Crippen molar-refractivity contribution in [3.8, 4) is 0 Å². The Hall–Kier alpha value is -0.340. The molecule has 1 aliphatic rings. The van der Waals surface area contributed by atoms with Crippen LogP contribution in [0.1, 0.15) is 37.5 Å². The lowest BCUT2D eigenvalue weighted by molar-refractivity contribution is 0.228. The first-order valence-electron chi connectivity index (χ1n) is 6.07. The predicted octanol–water partition coefficient (Wildman–Crippen LogP) is 3.44. The van der Waals surface area contributed by atoms with E-state index in [1.165, 1.54) is 37.0 Å². The number of hydrogen-bond donors (Lipinski definition) is 1. The van der Waals surface area contributed by atoms with Gasteiger partial charge >= 0.3 is 0 Å². The summed E-state index contributed by atoms with van der Waals surface area (Å²) in [7, 11) is 0. The van der Waals surface area contributed by atoms with Gasteiger partial charge in [-0.2, -0.15) is 0 Å². The molecule has 0 saturated heterocycles. The van der Waals surface area contributed by atoms with Gasteiger partial charge in [0.2, 0.25) is 0 Å². The zero-order chi connectivity index (χ0) is 10.7. The van der Waals surface area contributed by atoms with E-state index in [2.05, 4.69) is 24.4 Å². The molecule has 1 heterocycles. The van der Waals surface area contributed by atoms with Gasteiger partial charge in [0.1, 0.15) is 0 Å². The third-order valence-corrected chi connectivity index (χ3v) is 4.67. The molecule has 0 bridgehead atoms. The van der Waals surface area contributed by atoms with Gasteiger partial charge in [-0.3, -0.25) is 0 Å². The minimum absolute atomic E-state index is 0.440. The summed E-state index contributed by atoms with van der Waals surface area (Å²) in [5, 5.41) is 2.17. The largest absolute Gasteiger partial charge is 0.327 e. The second-order valence-electron chi connectivity index (χ2n) is 4.79. The summed E-state index contributed by atoms with van der Waals surface area (Å²) in [5.74, 6) is 1.65. The fourth-order valence-corrected chi connectivity index (χ4v) is 3.48. The third-order valence-electron chi connectivity index (χ3n) is 3.77. The smallest absolute Gasteiger partial charge is 0.00708 e. The van der Waals surface area contributed by atoms with Crippen molar-refractivity contribution in [1.82, 2.24) is 0 Å². The van der Waals surface area contributed by atoms with Crippen LogP contribution in [0.3, 0.4) is 0 Å². The van der Waals surface area contributed by atoms with Crippen LogP contribution in [-0.2, 0) is 6.42 Å². The molecule has 2 N–H and O–H groups in total. The molecular formula is C13H21NS. The van der Waals surface area contributed by atoms with Crippen molar-refractivity contribution >= 4 is 11.3 Å². The van der Waals surface area contributed by atoms with Crippen LogP contribution >= 0.6 is 11.3 Å². The Kier molecular flexibility index (Phi) is 3.81. The van der Waals surface area contributed by atoms with Gasteiger partial charge in [0.15, 0.2) is 0 Å². The Morgan fingerprint density at radius 3 is 3.00 bits per heavy atom. The first-order valence-corrected chi connectivity index (χ1v) is 6.95. The first kappa shape index (κ1) is 11.2. The quantitative estimate of drug-likeness (QED) is 0.834. The Bertz CT molecular complexity index is 281. The monoisotopic (exact) mass is 223 g/mol. The molecule has 84 valence electrons. The lowest BCUT2D eigenvalue weighted by Crippen LogP contribution is -2.37. The highest BCUT2D eigenvalue weighted by atomic mass is 32.1. The van der Waals surface area contributed by atoms with Crippen molar-refractivity contribution in [1.29, 1.82) is 0 Å². The summed E-state index contributed by atoms with van der Waals surface area (Å²) in [6, 6.07) is 4.83. The molecule has 1 saturated carbocycles. The van der Waals surface area contributed by atoms with E-state index in [-0.39, 0.29) is 0 Å². The van der Waals surface area contributed by atoms with Crippen LogP contribution in [0, 0.1) is 11.8 Å². The van der Waals surface area contributed by atoms with Gasteiger partial charge in [0.25, 0.3) is 0 Å². The van der Waals surface area contributed by atoms with E-state index >= 15 is 0 Å². The zero-order valence-electron chi connectivity index (χ0n) is 9.49.